The number of benzene rings is 1. The maximum Gasteiger partial charge on any atom is 0.227 e. The lowest BCUT2D eigenvalue weighted by Crippen LogP contribution is -2.42. The summed E-state index contributed by atoms with van der Waals surface area (Å²) in [5.41, 5.74) is 2.11. The van der Waals surface area contributed by atoms with Crippen LogP contribution in [-0.2, 0) is 16.0 Å². The van der Waals surface area contributed by atoms with Crippen LogP contribution in [0, 0.1) is 11.8 Å². The molecule has 1 amide bonds. The Morgan fingerprint density at radius 2 is 1.92 bits per heavy atom. The van der Waals surface area contributed by atoms with Gasteiger partial charge in [-0.15, -0.1) is 0 Å². The number of nitrogens with one attached hydrogen (secondary N) is 1. The summed E-state index contributed by atoms with van der Waals surface area (Å²) in [7, 11) is 0. The Morgan fingerprint density at radius 1 is 1.25 bits per heavy atom. The van der Waals surface area contributed by atoms with Crippen LogP contribution in [0.3, 0.4) is 0 Å². The number of hydrogen-bond donors (Lipinski definition) is 2. The van der Waals surface area contributed by atoms with Crippen LogP contribution in [-0.4, -0.2) is 29.4 Å². The fourth-order valence-electron chi connectivity index (χ4n) is 3.21. The van der Waals surface area contributed by atoms with Gasteiger partial charge in [-0.2, -0.15) is 0 Å². The molecule has 1 aliphatic carbocycles. The molecule has 2 N–H and O–H groups in total. The molecule has 2 rings (SSSR count). The molecule has 4 nitrogen and oxygen atoms in total. The minimum atomic E-state index is -0.264. The molecular weight excluding hydrogens is 302 g/mol. The Hall–Kier alpha value is -1.68. The first-order valence-electron chi connectivity index (χ1n) is 8.95. The van der Waals surface area contributed by atoms with Crippen LogP contribution in [0.2, 0.25) is 0 Å². The normalized spacial score (nSPS) is 20.2. The lowest BCUT2D eigenvalue weighted by Gasteiger charge is -2.22. The van der Waals surface area contributed by atoms with E-state index < -0.39 is 0 Å². The van der Waals surface area contributed by atoms with E-state index in [2.05, 4.69) is 5.32 Å². The topological polar surface area (TPSA) is 66.4 Å². The Bertz CT molecular complexity index is 565. The number of rotatable bonds is 7. The molecule has 1 saturated carbocycles. The van der Waals surface area contributed by atoms with Gasteiger partial charge in [-0.3, -0.25) is 9.59 Å². The van der Waals surface area contributed by atoms with Gasteiger partial charge in [-0.05, 0) is 43.2 Å². The molecule has 0 radical (unpaired) electrons. The summed E-state index contributed by atoms with van der Waals surface area (Å²) < 4.78 is 0. The summed E-state index contributed by atoms with van der Waals surface area (Å²) in [5.74, 6) is 0.419. The van der Waals surface area contributed by atoms with E-state index in [0.717, 1.165) is 36.8 Å². The summed E-state index contributed by atoms with van der Waals surface area (Å²) in [6, 6.07) is 7.78. The van der Waals surface area contributed by atoms with Crippen LogP contribution in [0.5, 0.6) is 0 Å². The molecule has 3 unspecified atom stereocenters. The van der Waals surface area contributed by atoms with Gasteiger partial charge in [-0.25, -0.2) is 0 Å². The molecule has 132 valence electrons. The highest BCUT2D eigenvalue weighted by Gasteiger charge is 2.25. The van der Waals surface area contributed by atoms with Crippen molar-refractivity contribution in [3.8, 4) is 0 Å². The summed E-state index contributed by atoms with van der Waals surface area (Å²) in [6.07, 6.45) is 3.54. The summed E-state index contributed by atoms with van der Waals surface area (Å²) in [4.78, 5) is 24.1. The molecule has 0 aromatic heterocycles. The number of hydrogen-bond acceptors (Lipinski definition) is 3. The Kier molecular flexibility index (Phi) is 6.55. The van der Waals surface area contributed by atoms with Crippen molar-refractivity contribution in [3.05, 3.63) is 35.4 Å². The standard InChI is InChI=1S/C20H29NO3/c1-13(2)18(12-22)21-20(24)14(3)16-9-7-15(8-10-16)11-17-5-4-6-19(17)23/h7-10,13-14,17-18,22H,4-6,11-12H2,1-3H3,(H,21,24). The zero-order valence-corrected chi connectivity index (χ0v) is 14.9. The highest BCUT2D eigenvalue weighted by Crippen LogP contribution is 2.26. The van der Waals surface area contributed by atoms with E-state index in [1.54, 1.807) is 0 Å². The van der Waals surface area contributed by atoms with Gasteiger partial charge in [-0.1, -0.05) is 38.1 Å². The Labute approximate surface area is 144 Å². The van der Waals surface area contributed by atoms with Gasteiger partial charge in [0.05, 0.1) is 18.6 Å². The van der Waals surface area contributed by atoms with Gasteiger partial charge in [0.25, 0.3) is 0 Å². The van der Waals surface area contributed by atoms with Gasteiger partial charge >= 0.3 is 0 Å². The van der Waals surface area contributed by atoms with E-state index in [1.165, 1.54) is 0 Å². The van der Waals surface area contributed by atoms with Crippen molar-refractivity contribution in [2.75, 3.05) is 6.61 Å². The lowest BCUT2D eigenvalue weighted by molar-refractivity contribution is -0.123. The van der Waals surface area contributed by atoms with Crippen molar-refractivity contribution in [1.29, 1.82) is 0 Å². The number of Topliss-reactive ketones (excluding diaryl/α,β-unsaturated/α-hetero) is 1. The Balaban J connectivity index is 1.96. The number of carbonyl (C=O) groups excluding carboxylic acids is 2. The number of aliphatic hydroxyl groups is 1. The highest BCUT2D eigenvalue weighted by atomic mass is 16.3. The molecule has 0 aliphatic heterocycles. The summed E-state index contributed by atoms with van der Waals surface area (Å²) >= 11 is 0. The van der Waals surface area contributed by atoms with Crippen LogP contribution in [0.25, 0.3) is 0 Å². The predicted molar refractivity (Wildman–Crippen MR) is 94.8 cm³/mol. The quantitative estimate of drug-likeness (QED) is 0.807. The maximum absolute atomic E-state index is 12.4. The summed E-state index contributed by atoms with van der Waals surface area (Å²) in [6.45, 7) is 5.78. The van der Waals surface area contributed by atoms with E-state index in [4.69, 9.17) is 0 Å². The summed E-state index contributed by atoms with van der Waals surface area (Å²) in [5, 5.41) is 12.3. The molecule has 0 heterocycles. The maximum atomic E-state index is 12.4. The van der Waals surface area contributed by atoms with Crippen LogP contribution in [0.15, 0.2) is 24.3 Å². The number of ketones is 1. The first kappa shape index (κ1) is 18.7. The number of amides is 1. The van der Waals surface area contributed by atoms with Crippen LogP contribution >= 0.6 is 0 Å². The molecular formula is C20H29NO3. The van der Waals surface area contributed by atoms with Crippen molar-refractivity contribution in [1.82, 2.24) is 5.32 Å². The van der Waals surface area contributed by atoms with Crippen molar-refractivity contribution in [2.45, 2.75) is 58.4 Å². The third-order valence-corrected chi connectivity index (χ3v) is 5.12. The van der Waals surface area contributed by atoms with Crippen LogP contribution in [0.4, 0.5) is 0 Å². The third-order valence-electron chi connectivity index (χ3n) is 5.12. The van der Waals surface area contributed by atoms with E-state index in [9.17, 15) is 14.7 Å². The second kappa shape index (κ2) is 8.43. The number of aliphatic hydroxyl groups excluding tert-OH is 1. The molecule has 24 heavy (non-hydrogen) atoms. The van der Waals surface area contributed by atoms with E-state index >= 15 is 0 Å². The molecule has 1 aliphatic rings. The highest BCUT2D eigenvalue weighted by molar-refractivity contribution is 5.84. The van der Waals surface area contributed by atoms with Crippen molar-refractivity contribution in [2.24, 2.45) is 11.8 Å². The molecule has 1 fully saturated rings. The van der Waals surface area contributed by atoms with E-state index in [-0.39, 0.29) is 36.3 Å². The fraction of sp³-hybridized carbons (Fsp3) is 0.600. The second-order valence-corrected chi connectivity index (χ2v) is 7.26. The van der Waals surface area contributed by atoms with Crippen LogP contribution in [0.1, 0.15) is 57.1 Å². The smallest absolute Gasteiger partial charge is 0.227 e. The van der Waals surface area contributed by atoms with Gasteiger partial charge in [0, 0.05) is 12.3 Å². The monoisotopic (exact) mass is 331 g/mol. The molecule has 0 spiro atoms. The largest absolute Gasteiger partial charge is 0.394 e. The average molecular weight is 331 g/mol. The third kappa shape index (κ3) is 4.67. The van der Waals surface area contributed by atoms with Crippen molar-refractivity contribution >= 4 is 11.7 Å². The van der Waals surface area contributed by atoms with E-state index in [0.29, 0.717) is 5.78 Å². The average Bonchev–Trinajstić information content (AvgIpc) is 2.97. The zero-order chi connectivity index (χ0) is 17.7. The first-order chi connectivity index (χ1) is 11.4. The Morgan fingerprint density at radius 3 is 2.42 bits per heavy atom. The molecule has 1 aromatic carbocycles. The van der Waals surface area contributed by atoms with Gasteiger partial charge in [0.1, 0.15) is 5.78 Å². The molecule has 0 saturated heterocycles. The molecule has 3 atom stereocenters. The minimum absolute atomic E-state index is 0.0511. The fourth-order valence-corrected chi connectivity index (χ4v) is 3.21. The van der Waals surface area contributed by atoms with Crippen LogP contribution < -0.4 is 5.32 Å². The first-order valence-corrected chi connectivity index (χ1v) is 8.95. The molecule has 0 bridgehead atoms. The van der Waals surface area contributed by atoms with Gasteiger partial charge in [0.15, 0.2) is 0 Å². The van der Waals surface area contributed by atoms with Gasteiger partial charge in [0.2, 0.25) is 5.91 Å². The van der Waals surface area contributed by atoms with Crippen molar-refractivity contribution < 1.29 is 14.7 Å². The van der Waals surface area contributed by atoms with E-state index in [1.807, 2.05) is 45.0 Å². The van der Waals surface area contributed by atoms with Gasteiger partial charge < -0.3 is 10.4 Å². The zero-order valence-electron chi connectivity index (χ0n) is 14.9. The minimum Gasteiger partial charge on any atom is -0.394 e. The lowest BCUT2D eigenvalue weighted by atomic mass is 9.93. The predicted octanol–water partition coefficient (Wildman–Crippen LogP) is 2.83. The molecule has 1 aromatic rings. The number of carbonyl (C=O) groups is 2. The SMILES string of the molecule is CC(C(=O)NC(CO)C(C)C)c1ccc(CC2CCCC2=O)cc1. The second-order valence-electron chi connectivity index (χ2n) is 7.26. The van der Waals surface area contributed by atoms with Crippen molar-refractivity contribution in [3.63, 3.8) is 0 Å². The molecule has 4 heteroatoms.